The van der Waals surface area contributed by atoms with Crippen LogP contribution in [-0.2, 0) is 12.8 Å². The Hall–Kier alpha value is -7.22. The van der Waals surface area contributed by atoms with E-state index in [0.29, 0.717) is 59.5 Å². The number of hydrogen-bond donors (Lipinski definition) is 6. The fraction of sp³-hybridized carbons (Fsp3) is 0.255. The Kier molecular flexibility index (Phi) is 13.2. The number of benzene rings is 5. The average Bonchev–Trinajstić information content (AvgIpc) is 3.30. The average molecular weight is 860 g/mol. The third-order valence-corrected chi connectivity index (χ3v) is 11.9. The van der Waals surface area contributed by atoms with Gasteiger partial charge in [-0.05, 0) is 122 Å². The summed E-state index contributed by atoms with van der Waals surface area (Å²) in [7, 11) is 1.61. The number of H-pyrrole nitrogens is 1. The Morgan fingerprint density at radius 2 is 1.67 bits per heavy atom. The summed E-state index contributed by atoms with van der Waals surface area (Å²) in [6.45, 7) is 5.84. The van der Waals surface area contributed by atoms with Crippen LogP contribution in [0.15, 0.2) is 120 Å². The van der Waals surface area contributed by atoms with E-state index in [1.54, 1.807) is 19.2 Å². The summed E-state index contributed by atoms with van der Waals surface area (Å²) in [5.41, 5.74) is 14.9. The van der Waals surface area contributed by atoms with Crippen LogP contribution in [0.2, 0.25) is 0 Å². The molecule has 0 aliphatic carbocycles. The van der Waals surface area contributed by atoms with Crippen molar-refractivity contribution >= 4 is 50.7 Å². The van der Waals surface area contributed by atoms with Crippen LogP contribution in [-0.4, -0.2) is 83.3 Å². The number of fused-ring (bicyclic) bond motifs is 2. The van der Waals surface area contributed by atoms with Crippen LogP contribution in [0.1, 0.15) is 67.5 Å². The number of pyridine rings is 2. The summed E-state index contributed by atoms with van der Waals surface area (Å²) in [4.78, 5) is 49.6. The van der Waals surface area contributed by atoms with Crippen LogP contribution in [0.4, 0.5) is 17.1 Å². The van der Waals surface area contributed by atoms with Crippen molar-refractivity contribution in [2.45, 2.75) is 38.7 Å². The van der Waals surface area contributed by atoms with Crippen molar-refractivity contribution in [1.82, 2.24) is 20.2 Å². The zero-order chi connectivity index (χ0) is 44.7. The summed E-state index contributed by atoms with van der Waals surface area (Å²) >= 11 is 0. The zero-order valence-electron chi connectivity index (χ0n) is 36.1. The van der Waals surface area contributed by atoms with Crippen molar-refractivity contribution in [3.63, 3.8) is 0 Å². The predicted octanol–water partition coefficient (Wildman–Crippen LogP) is 7.14. The summed E-state index contributed by atoms with van der Waals surface area (Å²) in [5.74, 6) is 0.0854. The van der Waals surface area contributed by atoms with Crippen molar-refractivity contribution < 1.29 is 24.5 Å². The second-order valence-electron chi connectivity index (χ2n) is 16.4. The van der Waals surface area contributed by atoms with E-state index in [9.17, 15) is 24.6 Å². The number of carbonyl (C=O) groups is 2. The fourth-order valence-corrected chi connectivity index (χ4v) is 8.57. The zero-order valence-corrected chi connectivity index (χ0v) is 36.1. The Bertz CT molecular complexity index is 2870. The van der Waals surface area contributed by atoms with Gasteiger partial charge in [-0.15, -0.1) is 0 Å². The minimum absolute atomic E-state index is 0.0158. The number of aliphatic hydroxyl groups excluding tert-OH is 1. The van der Waals surface area contributed by atoms with E-state index in [2.05, 4.69) is 55.8 Å². The highest BCUT2D eigenvalue weighted by Gasteiger charge is 2.23. The molecule has 2 amide bonds. The fourth-order valence-electron chi connectivity index (χ4n) is 8.57. The lowest BCUT2D eigenvalue weighted by Crippen LogP contribution is -2.48. The normalized spacial score (nSPS) is 13.3. The number of primary amides is 1. The molecule has 328 valence electrons. The molecule has 64 heavy (non-hydrogen) atoms. The maximum atomic E-state index is 13.8. The van der Waals surface area contributed by atoms with Crippen molar-refractivity contribution in [2.75, 3.05) is 56.6 Å². The molecule has 3 heterocycles. The Morgan fingerprint density at radius 1 is 0.875 bits per heavy atom. The number of phenols is 1. The highest BCUT2D eigenvalue weighted by Crippen LogP contribution is 2.34. The standard InChI is InChI=1S/C51H53N7O6/c1-32-25-35(28-42-47(32)54-30-43(50(52)62)48(42)55-37-10-6-11-39(29-37)64-2)26-34-8-5-9-36(27-34)51(63)58-23-21-57(22-24-58)38-14-12-33(13-15-38)7-3-4-20-53-31-45(60)40-16-18-44(59)49-41(40)17-19-46(61)56-49/h5-6,8-19,25,27-30,45,53,59-60H,3-4,7,20-24,26,31H2,1-2H3,(H2,52,62)(H,54,55)(H,56,61)/t45-/m0/s1. The van der Waals surface area contributed by atoms with Gasteiger partial charge in [-0.25, -0.2) is 0 Å². The first-order chi connectivity index (χ1) is 31.0. The molecule has 1 aliphatic heterocycles. The third-order valence-electron chi connectivity index (χ3n) is 11.9. The van der Waals surface area contributed by atoms with Gasteiger partial charge >= 0.3 is 0 Å². The molecule has 2 aromatic heterocycles. The number of nitrogens with two attached hydrogens (primary N) is 1. The van der Waals surface area contributed by atoms with Crippen molar-refractivity contribution in [3.05, 3.63) is 165 Å². The number of aryl methyl sites for hydroxylation is 2. The minimum atomic E-state index is -0.782. The number of nitrogens with zero attached hydrogens (tertiary/aromatic N) is 3. The lowest BCUT2D eigenvalue weighted by atomic mass is 9.97. The van der Waals surface area contributed by atoms with Crippen LogP contribution in [0.3, 0.4) is 0 Å². The largest absolute Gasteiger partial charge is 0.506 e. The molecule has 0 bridgehead atoms. The van der Waals surface area contributed by atoms with Crippen LogP contribution in [0.25, 0.3) is 21.8 Å². The van der Waals surface area contributed by atoms with Gasteiger partial charge in [0.05, 0.1) is 35.5 Å². The first-order valence-corrected chi connectivity index (χ1v) is 21.6. The molecule has 0 spiro atoms. The van der Waals surface area contributed by atoms with Crippen molar-refractivity contribution in [2.24, 2.45) is 5.73 Å². The van der Waals surface area contributed by atoms with Gasteiger partial charge in [0.1, 0.15) is 11.5 Å². The topological polar surface area (TPSA) is 186 Å². The molecule has 0 radical (unpaired) electrons. The number of amides is 2. The van der Waals surface area contributed by atoms with Gasteiger partial charge < -0.3 is 46.1 Å². The first kappa shape index (κ1) is 43.4. The quantitative estimate of drug-likeness (QED) is 0.0546. The first-order valence-electron chi connectivity index (χ1n) is 21.6. The van der Waals surface area contributed by atoms with Gasteiger partial charge in [-0.1, -0.05) is 42.5 Å². The van der Waals surface area contributed by atoms with E-state index in [1.807, 2.05) is 66.4 Å². The van der Waals surface area contributed by atoms with Crippen LogP contribution < -0.4 is 31.6 Å². The second kappa shape index (κ2) is 19.4. The van der Waals surface area contributed by atoms with Gasteiger partial charge in [-0.3, -0.25) is 19.4 Å². The number of unbranched alkanes of at least 4 members (excludes halogenated alkanes) is 1. The molecule has 0 saturated carbocycles. The maximum Gasteiger partial charge on any atom is 0.253 e. The molecule has 8 rings (SSSR count). The lowest BCUT2D eigenvalue weighted by Gasteiger charge is -2.36. The number of rotatable bonds is 16. The van der Waals surface area contributed by atoms with Gasteiger partial charge in [0.2, 0.25) is 5.56 Å². The summed E-state index contributed by atoms with van der Waals surface area (Å²) < 4.78 is 5.41. The van der Waals surface area contributed by atoms with Crippen LogP contribution in [0, 0.1) is 6.92 Å². The number of aromatic hydroxyl groups is 1. The number of piperazine rings is 1. The number of aromatic nitrogens is 2. The molecule has 13 nitrogen and oxygen atoms in total. The van der Waals surface area contributed by atoms with Crippen LogP contribution in [0.5, 0.6) is 11.5 Å². The van der Waals surface area contributed by atoms with E-state index >= 15 is 0 Å². The lowest BCUT2D eigenvalue weighted by molar-refractivity contribution is 0.0746. The molecule has 7 aromatic rings. The molecule has 1 atom stereocenters. The molecule has 7 N–H and O–H groups in total. The van der Waals surface area contributed by atoms with Crippen molar-refractivity contribution in [1.29, 1.82) is 0 Å². The number of aromatic amines is 1. The van der Waals surface area contributed by atoms with E-state index in [-0.39, 0.29) is 22.8 Å². The maximum absolute atomic E-state index is 13.8. The number of phenolic OH excluding ortho intramolecular Hbond substituents is 1. The number of nitrogens with one attached hydrogen (secondary N) is 3. The number of hydrogen-bond acceptors (Lipinski definition) is 10. The number of aliphatic hydroxyl groups is 1. The predicted molar refractivity (Wildman–Crippen MR) is 252 cm³/mol. The second-order valence-corrected chi connectivity index (χ2v) is 16.4. The van der Waals surface area contributed by atoms with Crippen LogP contribution >= 0.6 is 0 Å². The van der Waals surface area contributed by atoms with E-state index in [4.69, 9.17) is 10.5 Å². The third kappa shape index (κ3) is 9.86. The molecule has 0 unspecified atom stereocenters. The van der Waals surface area contributed by atoms with E-state index in [0.717, 1.165) is 77.9 Å². The number of carbonyl (C=O) groups excluding carboxylic acids is 2. The van der Waals surface area contributed by atoms with E-state index in [1.165, 1.54) is 23.9 Å². The number of anilines is 3. The number of ether oxygens (including phenoxy) is 1. The molecule has 5 aromatic carbocycles. The van der Waals surface area contributed by atoms with E-state index < -0.39 is 12.0 Å². The highest BCUT2D eigenvalue weighted by atomic mass is 16.5. The monoisotopic (exact) mass is 859 g/mol. The summed E-state index contributed by atoms with van der Waals surface area (Å²) in [6, 6.07) is 34.3. The molecular formula is C51H53N7O6. The minimum Gasteiger partial charge on any atom is -0.506 e. The molecule has 1 fully saturated rings. The molecule has 1 saturated heterocycles. The molecule has 1 aliphatic rings. The molecule has 13 heteroatoms. The number of methoxy groups -OCH3 is 1. The van der Waals surface area contributed by atoms with Gasteiger partial charge in [-0.2, -0.15) is 0 Å². The Morgan fingerprint density at radius 3 is 2.45 bits per heavy atom. The molecular weight excluding hydrogens is 807 g/mol. The van der Waals surface area contributed by atoms with Crippen molar-refractivity contribution in [3.8, 4) is 11.5 Å². The Labute approximate surface area is 371 Å². The SMILES string of the molecule is COc1cccc(Nc2c(C(N)=O)cnc3c(C)cc(Cc4cccc(C(=O)N5CCN(c6ccc(CCCCNC[C@H](O)c7ccc(O)c8[nH]c(=O)ccc78)cc6)CC5)c4)cc23)c1. The summed E-state index contributed by atoms with van der Waals surface area (Å²) in [5, 5.41) is 29.1. The summed E-state index contributed by atoms with van der Waals surface area (Å²) in [6.07, 6.45) is 4.19. The highest BCUT2D eigenvalue weighted by molar-refractivity contribution is 6.08. The van der Waals surface area contributed by atoms with Gasteiger partial charge in [0.15, 0.2) is 0 Å². The van der Waals surface area contributed by atoms with Gasteiger partial charge in [0, 0.05) is 78.8 Å². The Balaban J connectivity index is 0.824. The van der Waals surface area contributed by atoms with Gasteiger partial charge in [0.25, 0.3) is 11.8 Å². The smallest absolute Gasteiger partial charge is 0.253 e.